The molecule has 1 N–H and O–H groups in total. The summed E-state index contributed by atoms with van der Waals surface area (Å²) in [6.07, 6.45) is 2.90. The third kappa shape index (κ3) is 4.51. The van der Waals surface area contributed by atoms with Gasteiger partial charge in [-0.15, -0.1) is 11.3 Å². The number of benzene rings is 1. The molecule has 0 aliphatic heterocycles. The molecule has 0 radical (unpaired) electrons. The fraction of sp³-hybridized carbons (Fsp3) is 0.118. The highest BCUT2D eigenvalue weighted by molar-refractivity contribution is 7.14. The molecule has 0 aliphatic rings. The van der Waals surface area contributed by atoms with E-state index in [1.54, 1.807) is 17.5 Å². The zero-order chi connectivity index (χ0) is 20.1. The Balaban J connectivity index is 1.64. The van der Waals surface area contributed by atoms with Gasteiger partial charge in [0.1, 0.15) is 0 Å². The standard InChI is InChI=1S/C17H13N5O5S/c1-10(27-16(24)13-8-18-5-6-19-13)15(23)21-17-20-14(9-28-17)11-3-2-4-12(7-11)22(25)26/h2-10H,1H3,(H,20,21,23)/t10-/m0/s1. The van der Waals surface area contributed by atoms with Crippen LogP contribution in [-0.4, -0.2) is 37.9 Å². The molecular formula is C17H13N5O5S. The number of nitrogens with one attached hydrogen (secondary N) is 1. The number of amides is 1. The second kappa shape index (κ2) is 8.31. The summed E-state index contributed by atoms with van der Waals surface area (Å²) in [4.78, 5) is 46.3. The summed E-state index contributed by atoms with van der Waals surface area (Å²) in [6, 6.07) is 6.01. The largest absolute Gasteiger partial charge is 0.448 e. The lowest BCUT2D eigenvalue weighted by atomic mass is 10.1. The van der Waals surface area contributed by atoms with Crippen LogP contribution in [0.2, 0.25) is 0 Å². The van der Waals surface area contributed by atoms with Crippen molar-refractivity contribution in [2.45, 2.75) is 13.0 Å². The van der Waals surface area contributed by atoms with Gasteiger partial charge in [-0.1, -0.05) is 12.1 Å². The van der Waals surface area contributed by atoms with E-state index >= 15 is 0 Å². The average molecular weight is 399 g/mol. The number of non-ortho nitro benzene ring substituents is 1. The molecular weight excluding hydrogens is 386 g/mol. The fourth-order valence-corrected chi connectivity index (χ4v) is 2.85. The van der Waals surface area contributed by atoms with Crippen LogP contribution in [-0.2, 0) is 9.53 Å². The third-order valence-electron chi connectivity index (χ3n) is 3.51. The lowest BCUT2D eigenvalue weighted by Gasteiger charge is -2.11. The smallest absolute Gasteiger partial charge is 0.359 e. The maximum atomic E-state index is 12.2. The van der Waals surface area contributed by atoms with E-state index in [-0.39, 0.29) is 16.5 Å². The van der Waals surface area contributed by atoms with Crippen LogP contribution in [0.1, 0.15) is 17.4 Å². The van der Waals surface area contributed by atoms with Crippen molar-refractivity contribution < 1.29 is 19.2 Å². The van der Waals surface area contributed by atoms with Gasteiger partial charge in [0, 0.05) is 35.5 Å². The number of hydrogen-bond acceptors (Lipinski definition) is 9. The van der Waals surface area contributed by atoms with Crippen LogP contribution in [0, 0.1) is 10.1 Å². The Kier molecular flexibility index (Phi) is 5.65. The van der Waals surface area contributed by atoms with E-state index in [1.165, 1.54) is 37.6 Å². The number of nitro benzene ring substituents is 1. The van der Waals surface area contributed by atoms with E-state index in [2.05, 4.69) is 20.3 Å². The Hall–Kier alpha value is -3.73. The Bertz CT molecular complexity index is 1020. The number of anilines is 1. The van der Waals surface area contributed by atoms with Crippen molar-refractivity contribution in [1.29, 1.82) is 0 Å². The van der Waals surface area contributed by atoms with E-state index in [4.69, 9.17) is 4.74 Å². The lowest BCUT2D eigenvalue weighted by molar-refractivity contribution is -0.384. The Morgan fingerprint density at radius 1 is 1.32 bits per heavy atom. The molecule has 1 aromatic carbocycles. The van der Waals surface area contributed by atoms with Gasteiger partial charge in [0.15, 0.2) is 16.9 Å². The molecule has 2 heterocycles. The van der Waals surface area contributed by atoms with Crippen LogP contribution in [0.15, 0.2) is 48.2 Å². The zero-order valence-electron chi connectivity index (χ0n) is 14.4. The van der Waals surface area contributed by atoms with Crippen LogP contribution in [0.5, 0.6) is 0 Å². The van der Waals surface area contributed by atoms with E-state index in [0.717, 1.165) is 11.3 Å². The molecule has 0 spiro atoms. The molecule has 0 saturated heterocycles. The number of hydrogen-bond donors (Lipinski definition) is 1. The second-order valence-corrected chi connectivity index (χ2v) is 6.33. The third-order valence-corrected chi connectivity index (χ3v) is 4.27. The van der Waals surface area contributed by atoms with Gasteiger partial charge in [0.25, 0.3) is 11.6 Å². The van der Waals surface area contributed by atoms with Crippen molar-refractivity contribution in [2.75, 3.05) is 5.32 Å². The predicted octanol–water partition coefficient (Wildman–Crippen LogP) is 2.69. The maximum Gasteiger partial charge on any atom is 0.359 e. The first-order valence-corrected chi connectivity index (χ1v) is 8.80. The number of aromatic nitrogens is 3. The van der Waals surface area contributed by atoms with Crippen LogP contribution >= 0.6 is 11.3 Å². The highest BCUT2D eigenvalue weighted by Crippen LogP contribution is 2.27. The Labute approximate surface area is 162 Å². The van der Waals surface area contributed by atoms with Crippen LogP contribution in [0.25, 0.3) is 11.3 Å². The molecule has 1 amide bonds. The SMILES string of the molecule is C[C@H](OC(=O)c1cnccn1)C(=O)Nc1nc(-c2cccc([N+](=O)[O-])c2)cs1. The van der Waals surface area contributed by atoms with E-state index < -0.39 is 22.9 Å². The summed E-state index contributed by atoms with van der Waals surface area (Å²) in [5.41, 5.74) is 0.964. The summed E-state index contributed by atoms with van der Waals surface area (Å²) in [5, 5.41) is 15.4. The molecule has 0 unspecified atom stereocenters. The van der Waals surface area contributed by atoms with Crippen LogP contribution < -0.4 is 5.32 Å². The van der Waals surface area contributed by atoms with Gasteiger partial charge in [0.05, 0.1) is 16.8 Å². The molecule has 11 heteroatoms. The minimum Gasteiger partial charge on any atom is -0.448 e. The van der Waals surface area contributed by atoms with Crippen molar-refractivity contribution in [3.63, 3.8) is 0 Å². The number of esters is 1. The van der Waals surface area contributed by atoms with Gasteiger partial charge in [0.2, 0.25) is 0 Å². The number of thiazole rings is 1. The first kappa shape index (κ1) is 19.0. The summed E-state index contributed by atoms with van der Waals surface area (Å²) in [5.74, 6) is -1.34. The fourth-order valence-electron chi connectivity index (χ4n) is 2.13. The maximum absolute atomic E-state index is 12.2. The molecule has 0 bridgehead atoms. The molecule has 0 aliphatic carbocycles. The summed E-state index contributed by atoms with van der Waals surface area (Å²) in [6.45, 7) is 1.42. The van der Waals surface area contributed by atoms with Crippen LogP contribution in [0.3, 0.4) is 0 Å². The number of carbonyl (C=O) groups excluding carboxylic acids is 2. The van der Waals surface area contributed by atoms with Gasteiger partial charge in [-0.2, -0.15) is 0 Å². The van der Waals surface area contributed by atoms with Crippen molar-refractivity contribution >= 4 is 34.0 Å². The lowest BCUT2D eigenvalue weighted by Crippen LogP contribution is -2.30. The molecule has 3 rings (SSSR count). The van der Waals surface area contributed by atoms with Crippen molar-refractivity contribution in [3.05, 3.63) is 64.0 Å². The Morgan fingerprint density at radius 2 is 2.14 bits per heavy atom. The average Bonchev–Trinajstić information content (AvgIpc) is 3.17. The van der Waals surface area contributed by atoms with E-state index in [1.807, 2.05) is 0 Å². The zero-order valence-corrected chi connectivity index (χ0v) is 15.3. The van der Waals surface area contributed by atoms with E-state index in [9.17, 15) is 19.7 Å². The first-order valence-electron chi connectivity index (χ1n) is 7.92. The molecule has 0 fully saturated rings. The predicted molar refractivity (Wildman–Crippen MR) is 99.7 cm³/mol. The molecule has 10 nitrogen and oxygen atoms in total. The monoisotopic (exact) mass is 399 g/mol. The highest BCUT2D eigenvalue weighted by atomic mass is 32.1. The minimum absolute atomic E-state index is 0.00985. The molecule has 2 aromatic heterocycles. The van der Waals surface area contributed by atoms with Crippen LogP contribution in [0.4, 0.5) is 10.8 Å². The van der Waals surface area contributed by atoms with Gasteiger partial charge >= 0.3 is 5.97 Å². The number of carbonyl (C=O) groups is 2. The summed E-state index contributed by atoms with van der Waals surface area (Å²) in [7, 11) is 0. The normalized spacial score (nSPS) is 11.5. The first-order chi connectivity index (χ1) is 13.4. The quantitative estimate of drug-likeness (QED) is 0.379. The second-order valence-electron chi connectivity index (χ2n) is 5.47. The topological polar surface area (TPSA) is 137 Å². The molecule has 1 atom stereocenters. The van der Waals surface area contributed by atoms with Gasteiger partial charge in [-0.3, -0.25) is 25.2 Å². The number of nitro groups is 1. The number of rotatable bonds is 6. The molecule has 3 aromatic rings. The summed E-state index contributed by atoms with van der Waals surface area (Å²) < 4.78 is 5.05. The van der Waals surface area contributed by atoms with Gasteiger partial charge < -0.3 is 4.74 Å². The Morgan fingerprint density at radius 3 is 2.86 bits per heavy atom. The summed E-state index contributed by atoms with van der Waals surface area (Å²) >= 11 is 1.14. The molecule has 142 valence electrons. The van der Waals surface area contributed by atoms with Crippen molar-refractivity contribution in [3.8, 4) is 11.3 Å². The van der Waals surface area contributed by atoms with E-state index in [0.29, 0.717) is 11.3 Å². The highest BCUT2D eigenvalue weighted by Gasteiger charge is 2.21. The van der Waals surface area contributed by atoms with Gasteiger partial charge in [-0.25, -0.2) is 14.8 Å². The number of nitrogens with zero attached hydrogens (tertiary/aromatic N) is 4. The molecule has 0 saturated carbocycles. The van der Waals surface area contributed by atoms with Crippen molar-refractivity contribution in [1.82, 2.24) is 15.0 Å². The minimum atomic E-state index is -1.08. The molecule has 28 heavy (non-hydrogen) atoms. The van der Waals surface area contributed by atoms with Gasteiger partial charge in [-0.05, 0) is 6.92 Å². The van der Waals surface area contributed by atoms with Crippen molar-refractivity contribution in [2.24, 2.45) is 0 Å². The number of ether oxygens (including phenoxy) is 1.